The van der Waals surface area contributed by atoms with Gasteiger partial charge in [0.05, 0.1) is 0 Å². The number of fused-ring (bicyclic) bond motifs is 1. The highest BCUT2D eigenvalue weighted by molar-refractivity contribution is 5.93. The predicted molar refractivity (Wildman–Crippen MR) is 87.8 cm³/mol. The van der Waals surface area contributed by atoms with Crippen LogP contribution in [-0.4, -0.2) is 62.0 Å². The maximum Gasteiger partial charge on any atom is 0.433 e. The molecule has 1 unspecified atom stereocenters. The lowest BCUT2D eigenvalue weighted by Crippen LogP contribution is -2.54. The summed E-state index contributed by atoms with van der Waals surface area (Å²) in [5, 5.41) is 3.93. The maximum atomic E-state index is 13.3. The van der Waals surface area contributed by atoms with E-state index < -0.39 is 11.9 Å². The molecule has 2 aliphatic rings. The van der Waals surface area contributed by atoms with E-state index in [2.05, 4.69) is 15.0 Å². The lowest BCUT2D eigenvalue weighted by atomic mass is 10.1. The molecule has 0 spiro atoms. The third-order valence-corrected chi connectivity index (χ3v) is 5.05. The van der Waals surface area contributed by atoms with E-state index in [1.165, 1.54) is 25.8 Å². The number of aryl methyl sites for hydroxylation is 1. The van der Waals surface area contributed by atoms with Gasteiger partial charge < -0.3 is 4.90 Å². The standard InChI is InChI=1S/C17H20F3N5O/c1-10-7-14(17(18,19)20)25-15(21-10)8-13(22-25)16(26)24-6-5-23(9-11(24)2)12-3-4-12/h7-8,11-12H,3-6,9H2,1-2H3. The zero-order valence-corrected chi connectivity index (χ0v) is 14.6. The highest BCUT2D eigenvalue weighted by atomic mass is 19.4. The number of carbonyl (C=O) groups is 1. The van der Waals surface area contributed by atoms with Crippen LogP contribution in [0, 0.1) is 6.92 Å². The molecule has 140 valence electrons. The second-order valence-corrected chi connectivity index (χ2v) is 7.15. The molecule has 1 aliphatic heterocycles. The van der Waals surface area contributed by atoms with Crippen molar-refractivity contribution in [3.05, 3.63) is 29.2 Å². The van der Waals surface area contributed by atoms with Crippen LogP contribution in [-0.2, 0) is 6.18 Å². The molecule has 6 nitrogen and oxygen atoms in total. The molecule has 2 fully saturated rings. The van der Waals surface area contributed by atoms with Crippen LogP contribution in [0.2, 0.25) is 0 Å². The average molecular weight is 367 g/mol. The fourth-order valence-electron chi connectivity index (χ4n) is 3.61. The molecule has 26 heavy (non-hydrogen) atoms. The first-order valence-electron chi connectivity index (χ1n) is 8.73. The van der Waals surface area contributed by atoms with E-state index in [1.54, 1.807) is 4.90 Å². The molecule has 1 saturated heterocycles. The summed E-state index contributed by atoms with van der Waals surface area (Å²) in [6.45, 7) is 5.59. The molecule has 1 saturated carbocycles. The SMILES string of the molecule is Cc1cc(C(F)(F)F)n2nc(C(=O)N3CCN(C4CC4)CC3C)cc2n1. The van der Waals surface area contributed by atoms with Crippen molar-refractivity contribution >= 4 is 11.6 Å². The van der Waals surface area contributed by atoms with Crippen LogP contribution in [0.5, 0.6) is 0 Å². The van der Waals surface area contributed by atoms with Crippen molar-refractivity contribution in [3.8, 4) is 0 Å². The van der Waals surface area contributed by atoms with E-state index >= 15 is 0 Å². The summed E-state index contributed by atoms with van der Waals surface area (Å²) in [7, 11) is 0. The zero-order chi connectivity index (χ0) is 18.6. The third kappa shape index (κ3) is 3.04. The molecule has 0 radical (unpaired) electrons. The third-order valence-electron chi connectivity index (χ3n) is 5.05. The number of alkyl halides is 3. The first-order chi connectivity index (χ1) is 12.2. The Morgan fingerprint density at radius 3 is 2.58 bits per heavy atom. The molecule has 2 aromatic heterocycles. The Morgan fingerprint density at radius 1 is 1.23 bits per heavy atom. The first-order valence-corrected chi connectivity index (χ1v) is 8.73. The second kappa shape index (κ2) is 5.94. The molecule has 1 atom stereocenters. The minimum atomic E-state index is -4.57. The van der Waals surface area contributed by atoms with Gasteiger partial charge in [-0.25, -0.2) is 9.50 Å². The molecule has 1 aliphatic carbocycles. The largest absolute Gasteiger partial charge is 0.433 e. The van der Waals surface area contributed by atoms with Crippen molar-refractivity contribution in [2.24, 2.45) is 0 Å². The van der Waals surface area contributed by atoms with Gasteiger partial charge >= 0.3 is 6.18 Å². The molecule has 4 rings (SSSR count). The van der Waals surface area contributed by atoms with Crippen LogP contribution in [0.15, 0.2) is 12.1 Å². The molecule has 0 bridgehead atoms. The summed E-state index contributed by atoms with van der Waals surface area (Å²) < 4.78 is 40.5. The van der Waals surface area contributed by atoms with Crippen molar-refractivity contribution in [2.75, 3.05) is 19.6 Å². The average Bonchev–Trinajstić information content (AvgIpc) is 3.32. The zero-order valence-electron chi connectivity index (χ0n) is 14.6. The Bertz CT molecular complexity index is 858. The van der Waals surface area contributed by atoms with E-state index in [4.69, 9.17) is 0 Å². The van der Waals surface area contributed by atoms with Gasteiger partial charge in [0.15, 0.2) is 11.3 Å². The summed E-state index contributed by atoms with van der Waals surface area (Å²) in [4.78, 5) is 21.0. The molecule has 0 N–H and O–H groups in total. The maximum absolute atomic E-state index is 13.3. The summed E-state index contributed by atoms with van der Waals surface area (Å²) >= 11 is 0. The summed E-state index contributed by atoms with van der Waals surface area (Å²) in [5.41, 5.74) is -0.661. The fraction of sp³-hybridized carbons (Fsp3) is 0.588. The minimum absolute atomic E-state index is 0.000298. The quantitative estimate of drug-likeness (QED) is 0.818. The molecule has 9 heteroatoms. The number of amides is 1. The van der Waals surface area contributed by atoms with E-state index in [0.717, 1.165) is 19.2 Å². The number of hydrogen-bond donors (Lipinski definition) is 0. The van der Waals surface area contributed by atoms with E-state index in [0.29, 0.717) is 17.1 Å². The van der Waals surface area contributed by atoms with Gasteiger partial charge in [-0.05, 0) is 32.8 Å². The number of hydrogen-bond acceptors (Lipinski definition) is 4. The van der Waals surface area contributed by atoms with E-state index in [-0.39, 0.29) is 29.0 Å². The van der Waals surface area contributed by atoms with Crippen molar-refractivity contribution in [2.45, 2.75) is 44.9 Å². The molecule has 1 amide bonds. The van der Waals surface area contributed by atoms with Crippen LogP contribution in [0.3, 0.4) is 0 Å². The number of carbonyl (C=O) groups excluding carboxylic acids is 1. The summed E-state index contributed by atoms with van der Waals surface area (Å²) in [6, 6.07) is 2.90. The van der Waals surface area contributed by atoms with E-state index in [9.17, 15) is 18.0 Å². The first kappa shape index (κ1) is 17.3. The van der Waals surface area contributed by atoms with Gasteiger partial charge in [-0.2, -0.15) is 18.3 Å². The van der Waals surface area contributed by atoms with Crippen molar-refractivity contribution in [1.29, 1.82) is 0 Å². The Labute approximate surface area is 148 Å². The van der Waals surface area contributed by atoms with Crippen LogP contribution in [0.25, 0.3) is 5.65 Å². The van der Waals surface area contributed by atoms with Gasteiger partial charge in [-0.1, -0.05) is 0 Å². The molecule has 3 heterocycles. The highest BCUT2D eigenvalue weighted by Gasteiger charge is 2.38. The number of piperazine rings is 1. The number of rotatable bonds is 2. The van der Waals surface area contributed by atoms with Crippen molar-refractivity contribution in [1.82, 2.24) is 24.4 Å². The highest BCUT2D eigenvalue weighted by Crippen LogP contribution is 2.31. The Morgan fingerprint density at radius 2 is 1.96 bits per heavy atom. The van der Waals surface area contributed by atoms with Crippen molar-refractivity contribution in [3.63, 3.8) is 0 Å². The molecular weight excluding hydrogens is 347 g/mol. The Kier molecular flexibility index (Phi) is 3.94. The number of halogens is 3. The number of nitrogens with zero attached hydrogens (tertiary/aromatic N) is 5. The van der Waals surface area contributed by atoms with Gasteiger partial charge in [0.25, 0.3) is 5.91 Å². The van der Waals surface area contributed by atoms with Crippen molar-refractivity contribution < 1.29 is 18.0 Å². The van der Waals surface area contributed by atoms with Crippen LogP contribution < -0.4 is 0 Å². The topological polar surface area (TPSA) is 53.7 Å². The lowest BCUT2D eigenvalue weighted by molar-refractivity contribution is -0.142. The monoisotopic (exact) mass is 367 g/mol. The van der Waals surface area contributed by atoms with Gasteiger partial charge in [0.1, 0.15) is 5.69 Å². The van der Waals surface area contributed by atoms with Crippen LogP contribution in [0.1, 0.15) is 41.6 Å². The van der Waals surface area contributed by atoms with Crippen LogP contribution in [0.4, 0.5) is 13.2 Å². The van der Waals surface area contributed by atoms with E-state index in [1.807, 2.05) is 6.92 Å². The Balaban J connectivity index is 1.63. The van der Waals surface area contributed by atoms with Gasteiger partial charge in [0.2, 0.25) is 0 Å². The summed E-state index contributed by atoms with van der Waals surface area (Å²) in [5.74, 6) is -0.343. The number of aromatic nitrogens is 3. The molecule has 0 aromatic carbocycles. The second-order valence-electron chi connectivity index (χ2n) is 7.15. The lowest BCUT2D eigenvalue weighted by Gasteiger charge is -2.39. The van der Waals surface area contributed by atoms with Gasteiger partial charge in [-0.3, -0.25) is 9.69 Å². The normalized spacial score (nSPS) is 22.2. The smallest absolute Gasteiger partial charge is 0.332 e. The molecular formula is C17H20F3N5O. The molecule has 2 aromatic rings. The van der Waals surface area contributed by atoms with Gasteiger partial charge in [-0.15, -0.1) is 0 Å². The Hall–Kier alpha value is -2.16. The minimum Gasteiger partial charge on any atom is -0.332 e. The van der Waals surface area contributed by atoms with Crippen LogP contribution >= 0.6 is 0 Å². The van der Waals surface area contributed by atoms with Gasteiger partial charge in [0, 0.05) is 43.5 Å². The predicted octanol–water partition coefficient (Wildman–Crippen LogP) is 2.37. The summed E-state index contributed by atoms with van der Waals surface area (Å²) in [6.07, 6.45) is -2.15. The fourth-order valence-corrected chi connectivity index (χ4v) is 3.61.